The van der Waals surface area contributed by atoms with Crippen molar-refractivity contribution in [3.63, 3.8) is 0 Å². The van der Waals surface area contributed by atoms with Crippen LogP contribution in [-0.2, 0) is 4.79 Å². The molecule has 1 saturated heterocycles. The van der Waals surface area contributed by atoms with Crippen molar-refractivity contribution in [3.8, 4) is 0 Å². The number of carbonyl (C=O) groups excluding carboxylic acids is 2. The normalized spacial score (nSPS) is 17.9. The van der Waals surface area contributed by atoms with Crippen molar-refractivity contribution >= 4 is 29.0 Å². The average molecular weight is 274 g/mol. The first-order valence-corrected chi connectivity index (χ1v) is 6.71. The van der Waals surface area contributed by atoms with Crippen LogP contribution < -0.4 is 5.73 Å². The summed E-state index contributed by atoms with van der Waals surface area (Å²) in [6.45, 7) is 0.551. The Balaban J connectivity index is 2.07. The van der Waals surface area contributed by atoms with E-state index in [1.807, 2.05) is 36.4 Å². The molecular formula is C14H14N2O2S. The number of allylic oxidation sites excluding steroid dienone is 2. The number of amides is 2. The minimum Gasteiger partial charge on any atom is -0.329 e. The van der Waals surface area contributed by atoms with Crippen molar-refractivity contribution in [2.24, 2.45) is 5.73 Å². The molecular weight excluding hydrogens is 260 g/mol. The number of hydrogen-bond donors (Lipinski definition) is 1. The molecule has 98 valence electrons. The monoisotopic (exact) mass is 274 g/mol. The third kappa shape index (κ3) is 3.33. The van der Waals surface area contributed by atoms with Crippen LogP contribution in [0.5, 0.6) is 0 Å². The van der Waals surface area contributed by atoms with Gasteiger partial charge in [0, 0.05) is 13.1 Å². The topological polar surface area (TPSA) is 63.4 Å². The number of imide groups is 1. The van der Waals surface area contributed by atoms with Crippen LogP contribution in [0.1, 0.15) is 5.56 Å². The van der Waals surface area contributed by atoms with E-state index in [2.05, 4.69) is 0 Å². The highest BCUT2D eigenvalue weighted by Gasteiger charge is 2.33. The number of thioether (sulfide) groups is 1. The third-order valence-electron chi connectivity index (χ3n) is 2.56. The van der Waals surface area contributed by atoms with E-state index >= 15 is 0 Å². The second kappa shape index (κ2) is 6.36. The highest BCUT2D eigenvalue weighted by atomic mass is 32.2. The Hall–Kier alpha value is -1.85. The smallest absolute Gasteiger partial charge is 0.293 e. The molecule has 0 aliphatic carbocycles. The largest absolute Gasteiger partial charge is 0.329 e. The van der Waals surface area contributed by atoms with Crippen LogP contribution in [0.15, 0.2) is 47.4 Å². The Kier molecular flexibility index (Phi) is 4.54. The predicted molar refractivity (Wildman–Crippen MR) is 77.3 cm³/mol. The second-order valence-electron chi connectivity index (χ2n) is 3.91. The maximum atomic E-state index is 11.9. The van der Waals surface area contributed by atoms with Gasteiger partial charge in [0.25, 0.3) is 11.1 Å². The van der Waals surface area contributed by atoms with Crippen LogP contribution in [0.3, 0.4) is 0 Å². The summed E-state index contributed by atoms with van der Waals surface area (Å²) in [7, 11) is 0. The summed E-state index contributed by atoms with van der Waals surface area (Å²) < 4.78 is 0. The molecule has 1 aliphatic heterocycles. The first-order valence-electron chi connectivity index (χ1n) is 5.89. The predicted octanol–water partition coefficient (Wildman–Crippen LogP) is 2.24. The number of nitrogens with two attached hydrogens (primary N) is 1. The van der Waals surface area contributed by atoms with Gasteiger partial charge >= 0.3 is 0 Å². The van der Waals surface area contributed by atoms with E-state index in [4.69, 9.17) is 5.73 Å². The van der Waals surface area contributed by atoms with Crippen molar-refractivity contribution in [3.05, 3.63) is 53.0 Å². The van der Waals surface area contributed by atoms with E-state index in [-0.39, 0.29) is 24.2 Å². The first-order chi connectivity index (χ1) is 9.22. The van der Waals surface area contributed by atoms with E-state index in [0.29, 0.717) is 4.91 Å². The third-order valence-corrected chi connectivity index (χ3v) is 3.49. The molecule has 1 aromatic carbocycles. The molecule has 0 saturated carbocycles. The van der Waals surface area contributed by atoms with Crippen molar-refractivity contribution in [1.82, 2.24) is 4.90 Å². The minimum absolute atomic E-state index is 0.255. The molecule has 1 aromatic rings. The molecule has 1 aliphatic rings. The zero-order valence-electron chi connectivity index (χ0n) is 10.3. The van der Waals surface area contributed by atoms with Crippen LogP contribution in [-0.4, -0.2) is 29.1 Å². The molecule has 2 rings (SSSR count). The number of rotatable bonds is 4. The molecule has 0 spiro atoms. The number of carbonyl (C=O) groups is 2. The molecule has 4 nitrogen and oxygen atoms in total. The zero-order chi connectivity index (χ0) is 13.7. The Morgan fingerprint density at radius 3 is 2.63 bits per heavy atom. The van der Waals surface area contributed by atoms with Gasteiger partial charge in [-0.3, -0.25) is 14.5 Å². The Morgan fingerprint density at radius 2 is 1.95 bits per heavy atom. The van der Waals surface area contributed by atoms with Crippen LogP contribution in [0.4, 0.5) is 4.79 Å². The quantitative estimate of drug-likeness (QED) is 0.855. The van der Waals surface area contributed by atoms with Crippen LogP contribution in [0.25, 0.3) is 6.08 Å². The number of hydrogen-bond acceptors (Lipinski definition) is 4. The summed E-state index contributed by atoms with van der Waals surface area (Å²) in [6.07, 6.45) is 5.32. The van der Waals surface area contributed by atoms with Crippen LogP contribution >= 0.6 is 11.8 Å². The number of nitrogens with zero attached hydrogens (tertiary/aromatic N) is 1. The van der Waals surface area contributed by atoms with Gasteiger partial charge < -0.3 is 5.73 Å². The van der Waals surface area contributed by atoms with Gasteiger partial charge in [-0.2, -0.15) is 0 Å². The number of benzene rings is 1. The van der Waals surface area contributed by atoms with Crippen LogP contribution in [0.2, 0.25) is 0 Å². The summed E-state index contributed by atoms with van der Waals surface area (Å²) in [6, 6.07) is 9.74. The van der Waals surface area contributed by atoms with Gasteiger partial charge in [-0.25, -0.2) is 0 Å². The lowest BCUT2D eigenvalue weighted by atomic mass is 10.2. The van der Waals surface area contributed by atoms with E-state index in [1.165, 1.54) is 4.90 Å². The highest BCUT2D eigenvalue weighted by Crippen LogP contribution is 2.30. The molecule has 19 heavy (non-hydrogen) atoms. The van der Waals surface area contributed by atoms with Gasteiger partial charge in [0.15, 0.2) is 0 Å². The average Bonchev–Trinajstić information content (AvgIpc) is 2.68. The summed E-state index contributed by atoms with van der Waals surface area (Å²) in [5.41, 5.74) is 6.41. The molecule has 0 radical (unpaired) electrons. The lowest BCUT2D eigenvalue weighted by molar-refractivity contribution is -0.122. The standard InChI is InChI=1S/C14H14N2O2S/c15-9-10-16-13(17)12(19-14(16)18)8-4-7-11-5-2-1-3-6-11/h1-8H,9-10,15H2/b7-4+,12-8-. The van der Waals surface area contributed by atoms with Crippen molar-refractivity contribution in [2.45, 2.75) is 0 Å². The molecule has 0 bridgehead atoms. The minimum atomic E-state index is -0.266. The van der Waals surface area contributed by atoms with Gasteiger partial charge in [-0.15, -0.1) is 0 Å². The maximum Gasteiger partial charge on any atom is 0.293 e. The molecule has 2 amide bonds. The lowest BCUT2D eigenvalue weighted by Crippen LogP contribution is -2.33. The molecule has 0 unspecified atom stereocenters. The van der Waals surface area contributed by atoms with E-state index < -0.39 is 0 Å². The highest BCUT2D eigenvalue weighted by molar-refractivity contribution is 8.18. The molecule has 1 heterocycles. The Morgan fingerprint density at radius 1 is 1.21 bits per heavy atom. The fourth-order valence-electron chi connectivity index (χ4n) is 1.65. The van der Waals surface area contributed by atoms with Gasteiger partial charge in [0.1, 0.15) is 0 Å². The SMILES string of the molecule is NCCN1C(=O)S/C(=C\C=C\c2ccccc2)C1=O. The Labute approximate surface area is 116 Å². The van der Waals surface area contributed by atoms with E-state index in [0.717, 1.165) is 17.3 Å². The maximum absolute atomic E-state index is 11.9. The Bertz CT molecular complexity index is 538. The van der Waals surface area contributed by atoms with Gasteiger partial charge in [0.2, 0.25) is 0 Å². The zero-order valence-corrected chi connectivity index (χ0v) is 11.1. The molecule has 0 aromatic heterocycles. The lowest BCUT2D eigenvalue weighted by Gasteiger charge is -2.09. The summed E-state index contributed by atoms with van der Waals surface area (Å²) in [5, 5.41) is -0.255. The van der Waals surface area contributed by atoms with E-state index in [9.17, 15) is 9.59 Å². The van der Waals surface area contributed by atoms with Crippen molar-refractivity contribution < 1.29 is 9.59 Å². The fraction of sp³-hybridized carbons (Fsp3) is 0.143. The molecule has 5 heteroatoms. The summed E-state index contributed by atoms with van der Waals surface area (Å²) in [4.78, 5) is 25.0. The fourth-order valence-corrected chi connectivity index (χ4v) is 2.46. The second-order valence-corrected chi connectivity index (χ2v) is 4.91. The first kappa shape index (κ1) is 13.6. The summed E-state index contributed by atoms with van der Waals surface area (Å²) >= 11 is 0.949. The van der Waals surface area contributed by atoms with Gasteiger partial charge in [-0.1, -0.05) is 42.5 Å². The van der Waals surface area contributed by atoms with E-state index in [1.54, 1.807) is 12.2 Å². The summed E-state index contributed by atoms with van der Waals surface area (Å²) in [5.74, 6) is -0.266. The van der Waals surface area contributed by atoms with Crippen molar-refractivity contribution in [2.75, 3.05) is 13.1 Å². The molecule has 2 N–H and O–H groups in total. The molecule has 0 atom stereocenters. The molecule has 1 fully saturated rings. The van der Waals surface area contributed by atoms with Gasteiger partial charge in [-0.05, 0) is 23.4 Å². The van der Waals surface area contributed by atoms with Gasteiger partial charge in [0.05, 0.1) is 4.91 Å². The van der Waals surface area contributed by atoms with Crippen LogP contribution in [0, 0.1) is 0 Å². The van der Waals surface area contributed by atoms with Crippen molar-refractivity contribution in [1.29, 1.82) is 0 Å².